The Bertz CT molecular complexity index is 785. The molecule has 2 heterocycles. The van der Waals surface area contributed by atoms with E-state index in [1.807, 2.05) is 42.6 Å². The van der Waals surface area contributed by atoms with Crippen LogP contribution >= 0.6 is 11.3 Å². The molecule has 0 spiro atoms. The van der Waals surface area contributed by atoms with Gasteiger partial charge in [-0.2, -0.15) is 0 Å². The Hall–Kier alpha value is -2.21. The van der Waals surface area contributed by atoms with Crippen LogP contribution in [0.3, 0.4) is 0 Å². The number of hydrogen-bond donors (Lipinski definition) is 1. The lowest BCUT2D eigenvalue weighted by Gasteiger charge is -2.25. The molecular formula is C19H21N3O2S. The van der Waals surface area contributed by atoms with Crippen molar-refractivity contribution in [3.05, 3.63) is 47.0 Å². The van der Waals surface area contributed by atoms with Crippen LogP contribution in [0.2, 0.25) is 0 Å². The van der Waals surface area contributed by atoms with Crippen LogP contribution in [0, 0.1) is 5.92 Å². The number of carbonyl (C=O) groups excluding carboxylic acids is 2. The second-order valence-corrected chi connectivity index (χ2v) is 7.73. The molecular weight excluding hydrogens is 334 g/mol. The summed E-state index contributed by atoms with van der Waals surface area (Å²) in [7, 11) is 0. The molecule has 25 heavy (non-hydrogen) atoms. The van der Waals surface area contributed by atoms with E-state index in [1.54, 1.807) is 4.90 Å². The summed E-state index contributed by atoms with van der Waals surface area (Å²) in [6.07, 6.45) is 2.66. The number of nitrogens with one attached hydrogen (secondary N) is 1. The fourth-order valence-electron chi connectivity index (χ4n) is 3.31. The highest BCUT2D eigenvalue weighted by Crippen LogP contribution is 2.41. The molecule has 1 aliphatic heterocycles. The first-order chi connectivity index (χ1) is 12.1. The van der Waals surface area contributed by atoms with Gasteiger partial charge in [0, 0.05) is 24.3 Å². The maximum atomic E-state index is 12.5. The minimum absolute atomic E-state index is 0.0205. The maximum Gasteiger partial charge on any atom is 0.231 e. The minimum atomic E-state index is -0.313. The van der Waals surface area contributed by atoms with Gasteiger partial charge in [-0.1, -0.05) is 30.3 Å². The molecule has 6 heteroatoms. The van der Waals surface area contributed by atoms with Crippen LogP contribution in [0.4, 0.5) is 5.13 Å². The third-order valence-corrected chi connectivity index (χ3v) is 5.80. The summed E-state index contributed by atoms with van der Waals surface area (Å²) in [5.74, 6) is 0.200. The van der Waals surface area contributed by atoms with Gasteiger partial charge in [0.05, 0.1) is 17.7 Å². The zero-order valence-corrected chi connectivity index (χ0v) is 15.0. The molecule has 1 saturated carbocycles. The van der Waals surface area contributed by atoms with Crippen LogP contribution in [-0.2, 0) is 9.59 Å². The Labute approximate surface area is 151 Å². The third-order valence-electron chi connectivity index (χ3n) is 5.03. The molecule has 2 amide bonds. The predicted molar refractivity (Wildman–Crippen MR) is 97.4 cm³/mol. The van der Waals surface area contributed by atoms with Crippen LogP contribution in [0.1, 0.15) is 49.4 Å². The van der Waals surface area contributed by atoms with Crippen molar-refractivity contribution < 1.29 is 9.59 Å². The molecule has 0 unspecified atom stereocenters. The van der Waals surface area contributed by atoms with Gasteiger partial charge in [-0.15, -0.1) is 11.3 Å². The Morgan fingerprint density at radius 1 is 1.32 bits per heavy atom. The third kappa shape index (κ3) is 3.44. The maximum absolute atomic E-state index is 12.5. The van der Waals surface area contributed by atoms with Crippen LogP contribution in [0.15, 0.2) is 35.7 Å². The number of benzene rings is 1. The molecule has 2 aromatic rings. The fraction of sp³-hybridized carbons (Fsp3) is 0.421. The summed E-state index contributed by atoms with van der Waals surface area (Å²) in [5.41, 5.74) is 2.17. The lowest BCUT2D eigenvalue weighted by molar-refractivity contribution is -0.129. The second kappa shape index (κ2) is 6.59. The molecule has 2 fully saturated rings. The molecule has 1 saturated heterocycles. The normalized spacial score (nSPS) is 21.4. The van der Waals surface area contributed by atoms with Crippen LogP contribution in [0.5, 0.6) is 0 Å². The van der Waals surface area contributed by atoms with Crippen molar-refractivity contribution in [3.63, 3.8) is 0 Å². The molecule has 5 nitrogen and oxygen atoms in total. The quantitative estimate of drug-likeness (QED) is 0.892. The molecule has 130 valence electrons. The zero-order valence-electron chi connectivity index (χ0n) is 14.1. The van der Waals surface area contributed by atoms with Crippen LogP contribution < -0.4 is 5.32 Å². The number of aromatic nitrogens is 1. The number of rotatable bonds is 5. The summed E-state index contributed by atoms with van der Waals surface area (Å²) in [6, 6.07) is 9.91. The average molecular weight is 355 g/mol. The van der Waals surface area contributed by atoms with E-state index in [0.717, 1.165) is 11.3 Å². The predicted octanol–water partition coefficient (Wildman–Crippen LogP) is 3.57. The Morgan fingerprint density at radius 2 is 2.08 bits per heavy atom. The second-order valence-electron chi connectivity index (χ2n) is 6.87. The smallest absolute Gasteiger partial charge is 0.231 e. The van der Waals surface area contributed by atoms with E-state index in [2.05, 4.69) is 10.3 Å². The van der Waals surface area contributed by atoms with E-state index in [1.165, 1.54) is 24.2 Å². The summed E-state index contributed by atoms with van der Waals surface area (Å²) >= 11 is 1.47. The highest BCUT2D eigenvalue weighted by atomic mass is 32.1. The molecule has 4 rings (SSSR count). The van der Waals surface area contributed by atoms with Crippen molar-refractivity contribution in [3.8, 4) is 0 Å². The van der Waals surface area contributed by atoms with Gasteiger partial charge in [0.25, 0.3) is 0 Å². The zero-order chi connectivity index (χ0) is 17.4. The first-order valence-corrected chi connectivity index (χ1v) is 9.60. The number of thiazole rings is 1. The van der Waals surface area contributed by atoms with Gasteiger partial charge in [0.2, 0.25) is 11.8 Å². The van der Waals surface area contributed by atoms with Gasteiger partial charge >= 0.3 is 0 Å². The lowest BCUT2D eigenvalue weighted by Crippen LogP contribution is -2.30. The standard InChI is InChI=1S/C19H21N3O2S/c1-12(13-5-3-2-4-6-13)22-10-15(9-17(22)23)18(24)21-19-20-16(11-25-19)14-7-8-14/h2-6,11-12,14-15H,7-10H2,1H3,(H,20,21,24)/t12-,15+/m1/s1. The molecule has 2 atom stereocenters. The highest BCUT2D eigenvalue weighted by Gasteiger charge is 2.37. The van der Waals surface area contributed by atoms with Gasteiger partial charge in [-0.3, -0.25) is 9.59 Å². The summed E-state index contributed by atoms with van der Waals surface area (Å²) in [4.78, 5) is 31.2. The van der Waals surface area contributed by atoms with Crippen LogP contribution in [-0.4, -0.2) is 28.2 Å². The van der Waals surface area contributed by atoms with Gasteiger partial charge in [0.1, 0.15) is 0 Å². The molecule has 0 radical (unpaired) electrons. The van der Waals surface area contributed by atoms with Gasteiger partial charge < -0.3 is 10.2 Å². The van der Waals surface area contributed by atoms with Crippen LogP contribution in [0.25, 0.3) is 0 Å². The number of nitrogens with zero attached hydrogens (tertiary/aromatic N) is 2. The van der Waals surface area contributed by atoms with Gasteiger partial charge in [-0.05, 0) is 25.3 Å². The molecule has 1 aliphatic carbocycles. The molecule has 1 N–H and O–H groups in total. The van der Waals surface area contributed by atoms with Crippen molar-refractivity contribution in [2.24, 2.45) is 5.92 Å². The van der Waals surface area contributed by atoms with Gasteiger partial charge in [-0.25, -0.2) is 4.98 Å². The Morgan fingerprint density at radius 3 is 2.80 bits per heavy atom. The SMILES string of the molecule is C[C@H](c1ccccc1)N1C[C@@H](C(=O)Nc2nc(C3CC3)cs2)CC1=O. The highest BCUT2D eigenvalue weighted by molar-refractivity contribution is 7.13. The van der Waals surface area contributed by atoms with Crippen molar-refractivity contribution in [1.82, 2.24) is 9.88 Å². The molecule has 1 aromatic heterocycles. The largest absolute Gasteiger partial charge is 0.335 e. The van der Waals surface area contributed by atoms with Crippen molar-refractivity contribution >= 4 is 28.3 Å². The fourth-order valence-corrected chi connectivity index (χ4v) is 4.11. The first-order valence-electron chi connectivity index (χ1n) is 8.72. The number of anilines is 1. The monoisotopic (exact) mass is 355 g/mol. The van der Waals surface area contributed by atoms with E-state index >= 15 is 0 Å². The van der Waals surface area contributed by atoms with E-state index in [9.17, 15) is 9.59 Å². The first kappa shape index (κ1) is 16.3. The summed E-state index contributed by atoms with van der Waals surface area (Å²) < 4.78 is 0. The topological polar surface area (TPSA) is 62.3 Å². The average Bonchev–Trinajstić information content (AvgIpc) is 3.25. The van der Waals surface area contributed by atoms with Crippen molar-refractivity contribution in [2.75, 3.05) is 11.9 Å². The van der Waals surface area contributed by atoms with E-state index in [-0.39, 0.29) is 30.2 Å². The van der Waals surface area contributed by atoms with E-state index in [4.69, 9.17) is 0 Å². The number of hydrogen-bond acceptors (Lipinski definition) is 4. The lowest BCUT2D eigenvalue weighted by atomic mass is 10.1. The Balaban J connectivity index is 1.39. The van der Waals surface area contributed by atoms with Crippen molar-refractivity contribution in [2.45, 2.75) is 38.1 Å². The number of carbonyl (C=O) groups is 2. The molecule has 2 aliphatic rings. The molecule has 1 aromatic carbocycles. The van der Waals surface area contributed by atoms with Crippen molar-refractivity contribution in [1.29, 1.82) is 0 Å². The number of likely N-dealkylation sites (tertiary alicyclic amines) is 1. The van der Waals surface area contributed by atoms with Gasteiger partial charge in [0.15, 0.2) is 5.13 Å². The summed E-state index contributed by atoms with van der Waals surface area (Å²) in [5, 5.41) is 5.57. The minimum Gasteiger partial charge on any atom is -0.335 e. The summed E-state index contributed by atoms with van der Waals surface area (Å²) in [6.45, 7) is 2.47. The Kier molecular flexibility index (Phi) is 4.29. The van der Waals surface area contributed by atoms with E-state index in [0.29, 0.717) is 17.6 Å². The molecule has 0 bridgehead atoms. The number of amides is 2. The van der Waals surface area contributed by atoms with E-state index < -0.39 is 0 Å².